The number of benzene rings is 2. The third-order valence-corrected chi connectivity index (χ3v) is 2.97. The Bertz CT molecular complexity index is 786. The molecule has 0 atom stereocenters. The number of rotatable bonds is 5. The molecule has 3 rings (SSSR count). The molecule has 0 radical (unpaired) electrons. The zero-order valence-corrected chi connectivity index (χ0v) is 11.5. The Kier molecular flexibility index (Phi) is 3.78. The van der Waals surface area contributed by atoms with Crippen molar-refractivity contribution in [2.45, 2.75) is 6.61 Å². The fraction of sp³-hybridized carbons (Fsp3) is 0.0667. The van der Waals surface area contributed by atoms with E-state index in [1.165, 1.54) is 12.1 Å². The Morgan fingerprint density at radius 3 is 2.73 bits per heavy atom. The lowest BCUT2D eigenvalue weighted by molar-refractivity contribution is -0.384. The smallest absolute Gasteiger partial charge is 0.273 e. The van der Waals surface area contributed by atoms with Gasteiger partial charge in [-0.2, -0.15) is 5.10 Å². The van der Waals surface area contributed by atoms with E-state index in [0.29, 0.717) is 17.4 Å². The molecule has 1 N–H and O–H groups in total. The molecule has 0 spiro atoms. The molecule has 0 saturated carbocycles. The maximum Gasteiger partial charge on any atom is 0.273 e. The molecule has 7 nitrogen and oxygen atoms in total. The number of ether oxygens (including phenoxy) is 1. The van der Waals surface area contributed by atoms with Gasteiger partial charge in [0.15, 0.2) is 11.6 Å². The molecule has 2 aromatic carbocycles. The Balaban J connectivity index is 1.69. The second-order valence-corrected chi connectivity index (χ2v) is 4.51. The number of nitro benzene ring substituents is 1. The van der Waals surface area contributed by atoms with Crippen LogP contribution in [0.25, 0.3) is 11.4 Å². The van der Waals surface area contributed by atoms with Gasteiger partial charge in [-0.1, -0.05) is 36.4 Å². The predicted octanol–water partition coefficient (Wildman–Crippen LogP) is 2.96. The number of nitrogens with one attached hydrogen (secondary N) is 1. The number of nitrogens with zero attached hydrogens (tertiary/aromatic N) is 3. The average Bonchev–Trinajstić information content (AvgIpc) is 3.03. The standard InChI is InChI=1S/C15H12N4O3/c20-19(21)12-7-4-8-13(9-12)22-10-14-16-15(18-17-14)11-5-2-1-3-6-11/h1-9H,10H2,(H,16,17,18). The summed E-state index contributed by atoms with van der Waals surface area (Å²) in [5.74, 6) is 1.54. The first kappa shape index (κ1) is 13.7. The molecule has 0 aliphatic rings. The highest BCUT2D eigenvalue weighted by atomic mass is 16.6. The van der Waals surface area contributed by atoms with Gasteiger partial charge in [-0.15, -0.1) is 0 Å². The summed E-state index contributed by atoms with van der Waals surface area (Å²) in [6.07, 6.45) is 0. The first-order chi connectivity index (χ1) is 10.7. The molecule has 3 aromatic rings. The summed E-state index contributed by atoms with van der Waals surface area (Å²) in [4.78, 5) is 14.6. The first-order valence-corrected chi connectivity index (χ1v) is 6.56. The van der Waals surface area contributed by atoms with Crippen LogP contribution in [0, 0.1) is 10.1 Å². The molecule has 0 amide bonds. The van der Waals surface area contributed by atoms with Crippen LogP contribution in [0.3, 0.4) is 0 Å². The van der Waals surface area contributed by atoms with E-state index in [4.69, 9.17) is 4.74 Å². The van der Waals surface area contributed by atoms with Crippen LogP contribution in [-0.4, -0.2) is 20.1 Å². The number of nitro groups is 1. The van der Waals surface area contributed by atoms with Crippen molar-refractivity contribution in [3.8, 4) is 17.1 Å². The van der Waals surface area contributed by atoms with Crippen LogP contribution in [0.2, 0.25) is 0 Å². The van der Waals surface area contributed by atoms with Crippen molar-refractivity contribution >= 4 is 5.69 Å². The second-order valence-electron chi connectivity index (χ2n) is 4.51. The molecule has 1 aromatic heterocycles. The van der Waals surface area contributed by atoms with Crippen molar-refractivity contribution < 1.29 is 9.66 Å². The first-order valence-electron chi connectivity index (χ1n) is 6.56. The van der Waals surface area contributed by atoms with Crippen LogP contribution in [0.4, 0.5) is 5.69 Å². The molecular formula is C15H12N4O3. The lowest BCUT2D eigenvalue weighted by Crippen LogP contribution is -1.98. The van der Waals surface area contributed by atoms with Crippen molar-refractivity contribution in [3.63, 3.8) is 0 Å². The van der Waals surface area contributed by atoms with E-state index < -0.39 is 4.92 Å². The van der Waals surface area contributed by atoms with Crippen LogP contribution in [0.1, 0.15) is 5.82 Å². The zero-order chi connectivity index (χ0) is 15.4. The van der Waals surface area contributed by atoms with E-state index in [-0.39, 0.29) is 12.3 Å². The van der Waals surface area contributed by atoms with Crippen LogP contribution in [0.5, 0.6) is 5.75 Å². The van der Waals surface area contributed by atoms with Gasteiger partial charge in [0, 0.05) is 11.6 Å². The predicted molar refractivity (Wildman–Crippen MR) is 79.2 cm³/mol. The molecule has 7 heteroatoms. The largest absolute Gasteiger partial charge is 0.485 e. The highest BCUT2D eigenvalue weighted by Crippen LogP contribution is 2.20. The summed E-state index contributed by atoms with van der Waals surface area (Å²) in [5.41, 5.74) is 0.889. The van der Waals surface area contributed by atoms with Crippen molar-refractivity contribution in [2.24, 2.45) is 0 Å². The summed E-state index contributed by atoms with van der Waals surface area (Å²) >= 11 is 0. The maximum atomic E-state index is 10.7. The number of aromatic amines is 1. The normalized spacial score (nSPS) is 10.4. The van der Waals surface area contributed by atoms with Crippen molar-refractivity contribution in [1.29, 1.82) is 0 Å². The lowest BCUT2D eigenvalue weighted by atomic mass is 10.2. The van der Waals surface area contributed by atoms with Gasteiger partial charge >= 0.3 is 0 Å². The molecule has 110 valence electrons. The number of non-ortho nitro benzene ring substituents is 1. The van der Waals surface area contributed by atoms with Gasteiger partial charge in [0.1, 0.15) is 12.4 Å². The zero-order valence-electron chi connectivity index (χ0n) is 11.5. The summed E-state index contributed by atoms with van der Waals surface area (Å²) in [6, 6.07) is 15.6. The van der Waals surface area contributed by atoms with Gasteiger partial charge in [0.25, 0.3) is 5.69 Å². The highest BCUT2D eigenvalue weighted by molar-refractivity contribution is 5.53. The summed E-state index contributed by atoms with van der Waals surface area (Å²) in [6.45, 7) is 0.154. The van der Waals surface area contributed by atoms with Crippen molar-refractivity contribution in [1.82, 2.24) is 15.2 Å². The quantitative estimate of drug-likeness (QED) is 0.577. The molecule has 1 heterocycles. The highest BCUT2D eigenvalue weighted by Gasteiger charge is 2.08. The van der Waals surface area contributed by atoms with E-state index in [9.17, 15) is 10.1 Å². The van der Waals surface area contributed by atoms with Gasteiger partial charge in [0.2, 0.25) is 0 Å². The topological polar surface area (TPSA) is 93.9 Å². The molecule has 22 heavy (non-hydrogen) atoms. The van der Waals surface area contributed by atoms with E-state index in [1.807, 2.05) is 30.3 Å². The Morgan fingerprint density at radius 2 is 1.95 bits per heavy atom. The SMILES string of the molecule is O=[N+]([O-])c1cccc(OCc2nc(-c3ccccc3)n[nH]2)c1. The number of hydrogen-bond donors (Lipinski definition) is 1. The van der Waals surface area contributed by atoms with Gasteiger partial charge in [-0.25, -0.2) is 4.98 Å². The summed E-state index contributed by atoms with van der Waals surface area (Å²) in [5, 5.41) is 17.6. The minimum Gasteiger partial charge on any atom is -0.485 e. The molecule has 0 aliphatic carbocycles. The average molecular weight is 296 g/mol. The minimum absolute atomic E-state index is 0.0138. The number of H-pyrrole nitrogens is 1. The van der Waals surface area contributed by atoms with Gasteiger partial charge < -0.3 is 4.74 Å². The molecule has 0 saturated heterocycles. The number of aromatic nitrogens is 3. The van der Waals surface area contributed by atoms with Crippen LogP contribution >= 0.6 is 0 Å². The van der Waals surface area contributed by atoms with Crippen molar-refractivity contribution in [2.75, 3.05) is 0 Å². The fourth-order valence-electron chi connectivity index (χ4n) is 1.91. The van der Waals surface area contributed by atoms with Gasteiger partial charge in [-0.05, 0) is 6.07 Å². The van der Waals surface area contributed by atoms with Gasteiger partial charge in [-0.3, -0.25) is 15.2 Å². The minimum atomic E-state index is -0.463. The third-order valence-electron chi connectivity index (χ3n) is 2.97. The maximum absolute atomic E-state index is 10.7. The van der Waals surface area contributed by atoms with Crippen LogP contribution in [0.15, 0.2) is 54.6 Å². The second kappa shape index (κ2) is 6.04. The van der Waals surface area contributed by atoms with E-state index in [0.717, 1.165) is 5.56 Å². The van der Waals surface area contributed by atoms with E-state index >= 15 is 0 Å². The Hall–Kier alpha value is -3.22. The Morgan fingerprint density at radius 1 is 1.14 bits per heavy atom. The molecule has 0 unspecified atom stereocenters. The van der Waals surface area contributed by atoms with E-state index in [1.54, 1.807) is 12.1 Å². The summed E-state index contributed by atoms with van der Waals surface area (Å²) < 4.78 is 5.49. The molecule has 0 aliphatic heterocycles. The molecule has 0 fully saturated rings. The lowest BCUT2D eigenvalue weighted by Gasteiger charge is -2.03. The van der Waals surface area contributed by atoms with Crippen LogP contribution in [-0.2, 0) is 6.61 Å². The summed E-state index contributed by atoms with van der Waals surface area (Å²) in [7, 11) is 0. The Labute approximate surface area is 125 Å². The van der Waals surface area contributed by atoms with Gasteiger partial charge in [0.05, 0.1) is 11.0 Å². The third kappa shape index (κ3) is 3.09. The monoisotopic (exact) mass is 296 g/mol. The van der Waals surface area contributed by atoms with E-state index in [2.05, 4.69) is 15.2 Å². The van der Waals surface area contributed by atoms with Crippen molar-refractivity contribution in [3.05, 3.63) is 70.5 Å². The molecule has 0 bridgehead atoms. The molecular weight excluding hydrogens is 284 g/mol. The van der Waals surface area contributed by atoms with Crippen LogP contribution < -0.4 is 4.74 Å². The number of hydrogen-bond acceptors (Lipinski definition) is 5. The fourth-order valence-corrected chi connectivity index (χ4v) is 1.91.